The first-order valence-corrected chi connectivity index (χ1v) is 6.61. The predicted octanol–water partition coefficient (Wildman–Crippen LogP) is 2.47. The summed E-state index contributed by atoms with van der Waals surface area (Å²) in [5, 5.41) is 9.60. The van der Waals surface area contributed by atoms with Gasteiger partial charge in [0.1, 0.15) is 5.52 Å². The molecule has 1 aliphatic carbocycles. The maximum Gasteiger partial charge on any atom is 0.225 e. The summed E-state index contributed by atoms with van der Waals surface area (Å²) in [4.78, 5) is 12.3. The summed E-state index contributed by atoms with van der Waals surface area (Å²) in [5.74, 6) is 0.361. The molecule has 96 valence electrons. The molecule has 0 radical (unpaired) electrons. The molecular formula is C11H12Cl2N4O. The van der Waals surface area contributed by atoms with Crippen LogP contribution in [0.1, 0.15) is 25.3 Å². The van der Waals surface area contributed by atoms with E-state index in [4.69, 9.17) is 23.2 Å². The highest BCUT2D eigenvalue weighted by Gasteiger charge is 2.27. The van der Waals surface area contributed by atoms with Crippen LogP contribution in [-0.2, 0) is 0 Å². The van der Waals surface area contributed by atoms with E-state index in [0.717, 1.165) is 19.3 Å². The zero-order valence-electron chi connectivity index (χ0n) is 9.55. The third kappa shape index (κ3) is 1.96. The molecule has 0 unspecified atom stereocenters. The highest BCUT2D eigenvalue weighted by molar-refractivity contribution is 6.35. The van der Waals surface area contributed by atoms with Crippen molar-refractivity contribution in [1.82, 2.24) is 19.5 Å². The van der Waals surface area contributed by atoms with Gasteiger partial charge in [0.25, 0.3) is 0 Å². The maximum atomic E-state index is 9.19. The summed E-state index contributed by atoms with van der Waals surface area (Å²) in [6, 6.07) is 0.300. The van der Waals surface area contributed by atoms with Crippen LogP contribution in [0.2, 0.25) is 10.4 Å². The molecule has 0 aromatic carbocycles. The van der Waals surface area contributed by atoms with Crippen molar-refractivity contribution in [2.45, 2.75) is 25.3 Å². The van der Waals surface area contributed by atoms with Gasteiger partial charge in [-0.15, -0.1) is 0 Å². The third-order valence-electron chi connectivity index (χ3n) is 3.52. The zero-order chi connectivity index (χ0) is 12.7. The molecule has 1 fully saturated rings. The van der Waals surface area contributed by atoms with E-state index in [1.807, 2.05) is 4.57 Å². The lowest BCUT2D eigenvalue weighted by Crippen LogP contribution is -2.07. The van der Waals surface area contributed by atoms with Gasteiger partial charge in [0.15, 0.2) is 10.8 Å². The van der Waals surface area contributed by atoms with Crippen molar-refractivity contribution < 1.29 is 5.11 Å². The maximum absolute atomic E-state index is 9.19. The van der Waals surface area contributed by atoms with Crippen molar-refractivity contribution in [3.05, 3.63) is 16.8 Å². The van der Waals surface area contributed by atoms with Crippen LogP contribution in [0, 0.1) is 5.92 Å². The average Bonchev–Trinajstić information content (AvgIpc) is 2.93. The van der Waals surface area contributed by atoms with Crippen molar-refractivity contribution in [3.8, 4) is 0 Å². The number of hydrogen-bond donors (Lipinski definition) is 1. The van der Waals surface area contributed by atoms with Gasteiger partial charge in [0.2, 0.25) is 5.28 Å². The molecule has 5 nitrogen and oxygen atoms in total. The summed E-state index contributed by atoms with van der Waals surface area (Å²) in [5.41, 5.74) is 1.25. The first-order chi connectivity index (χ1) is 8.69. The van der Waals surface area contributed by atoms with Gasteiger partial charge in [-0.3, -0.25) is 0 Å². The van der Waals surface area contributed by atoms with Crippen LogP contribution in [-0.4, -0.2) is 31.2 Å². The number of imidazole rings is 1. The Morgan fingerprint density at radius 2 is 2.17 bits per heavy atom. The third-order valence-corrected chi connectivity index (χ3v) is 3.95. The van der Waals surface area contributed by atoms with Crippen molar-refractivity contribution >= 4 is 34.4 Å². The number of halogens is 2. The highest BCUT2D eigenvalue weighted by atomic mass is 35.5. The fraction of sp³-hybridized carbons (Fsp3) is 0.545. The Bertz CT molecular complexity index is 586. The molecular weight excluding hydrogens is 275 g/mol. The minimum absolute atomic E-state index is 0.131. The monoisotopic (exact) mass is 286 g/mol. The molecule has 1 aliphatic rings. The number of aromatic nitrogens is 4. The van der Waals surface area contributed by atoms with Gasteiger partial charge in [-0.1, -0.05) is 11.6 Å². The molecule has 7 heteroatoms. The van der Waals surface area contributed by atoms with E-state index < -0.39 is 0 Å². The Hall–Kier alpha value is -0.910. The number of nitrogens with zero attached hydrogens (tertiary/aromatic N) is 4. The highest BCUT2D eigenvalue weighted by Crippen LogP contribution is 2.36. The van der Waals surface area contributed by atoms with Crippen LogP contribution in [0.5, 0.6) is 0 Å². The summed E-state index contributed by atoms with van der Waals surface area (Å²) in [6.45, 7) is 0.236. The first-order valence-electron chi connectivity index (χ1n) is 5.85. The summed E-state index contributed by atoms with van der Waals surface area (Å²) >= 11 is 11.8. The fourth-order valence-electron chi connectivity index (χ4n) is 2.59. The topological polar surface area (TPSA) is 63.8 Å². The Morgan fingerprint density at radius 1 is 1.33 bits per heavy atom. The predicted molar refractivity (Wildman–Crippen MR) is 68.8 cm³/mol. The normalized spacial score (nSPS) is 23.9. The minimum Gasteiger partial charge on any atom is -0.396 e. The van der Waals surface area contributed by atoms with Gasteiger partial charge >= 0.3 is 0 Å². The average molecular weight is 287 g/mol. The SMILES string of the molecule is OC[C@@H]1CC[C@H](n2cnc3c(Cl)nc(Cl)nc32)C1. The summed E-state index contributed by atoms with van der Waals surface area (Å²) in [7, 11) is 0. The van der Waals surface area contributed by atoms with Gasteiger partial charge in [0.05, 0.1) is 6.33 Å². The smallest absolute Gasteiger partial charge is 0.225 e. The Kier molecular flexibility index (Phi) is 3.13. The van der Waals surface area contributed by atoms with Gasteiger partial charge in [-0.05, 0) is 36.8 Å². The second kappa shape index (κ2) is 4.64. The number of hydrogen-bond acceptors (Lipinski definition) is 4. The summed E-state index contributed by atoms with van der Waals surface area (Å²) in [6.07, 6.45) is 4.69. The molecule has 18 heavy (non-hydrogen) atoms. The second-order valence-corrected chi connectivity index (χ2v) is 5.32. The molecule has 2 aromatic rings. The Morgan fingerprint density at radius 3 is 2.89 bits per heavy atom. The molecule has 2 heterocycles. The quantitative estimate of drug-likeness (QED) is 0.680. The van der Waals surface area contributed by atoms with Crippen molar-refractivity contribution in [2.75, 3.05) is 6.61 Å². The lowest BCUT2D eigenvalue weighted by Gasteiger charge is -2.12. The van der Waals surface area contributed by atoms with Crippen LogP contribution >= 0.6 is 23.2 Å². The minimum atomic E-state index is 0.131. The number of aliphatic hydroxyl groups excluding tert-OH is 1. The largest absolute Gasteiger partial charge is 0.396 e. The fourth-order valence-corrected chi connectivity index (χ4v) is 3.01. The Labute approximate surface area is 114 Å². The van der Waals surface area contributed by atoms with E-state index in [2.05, 4.69) is 15.0 Å². The Balaban J connectivity index is 2.03. The number of fused-ring (bicyclic) bond motifs is 1. The second-order valence-electron chi connectivity index (χ2n) is 4.62. The van der Waals surface area contributed by atoms with Crippen LogP contribution in [0.4, 0.5) is 0 Å². The molecule has 1 N–H and O–H groups in total. The number of rotatable bonds is 2. The van der Waals surface area contributed by atoms with Crippen LogP contribution < -0.4 is 0 Å². The zero-order valence-corrected chi connectivity index (χ0v) is 11.1. The summed E-state index contributed by atoms with van der Waals surface area (Å²) < 4.78 is 1.99. The molecule has 2 atom stereocenters. The molecule has 0 saturated heterocycles. The van der Waals surface area contributed by atoms with Crippen molar-refractivity contribution in [3.63, 3.8) is 0 Å². The lowest BCUT2D eigenvalue weighted by molar-refractivity contribution is 0.226. The van der Waals surface area contributed by atoms with E-state index in [9.17, 15) is 5.11 Å². The number of aliphatic hydroxyl groups is 1. The molecule has 0 amide bonds. The van der Waals surface area contributed by atoms with E-state index in [1.165, 1.54) is 0 Å². The lowest BCUT2D eigenvalue weighted by atomic mass is 10.1. The van der Waals surface area contributed by atoms with Crippen LogP contribution in [0.25, 0.3) is 11.2 Å². The van der Waals surface area contributed by atoms with E-state index in [1.54, 1.807) is 6.33 Å². The molecule has 2 aromatic heterocycles. The van der Waals surface area contributed by atoms with Gasteiger partial charge in [-0.25, -0.2) is 9.97 Å². The van der Waals surface area contributed by atoms with Crippen LogP contribution in [0.3, 0.4) is 0 Å². The van der Waals surface area contributed by atoms with Crippen molar-refractivity contribution in [1.29, 1.82) is 0 Å². The van der Waals surface area contributed by atoms with Crippen LogP contribution in [0.15, 0.2) is 6.33 Å². The molecule has 0 bridgehead atoms. The van der Waals surface area contributed by atoms with E-state index in [-0.39, 0.29) is 17.0 Å². The van der Waals surface area contributed by atoms with Gasteiger partial charge in [-0.2, -0.15) is 4.98 Å². The molecule has 3 rings (SSSR count). The van der Waals surface area contributed by atoms with Gasteiger partial charge < -0.3 is 9.67 Å². The first kappa shape index (κ1) is 12.1. The molecule has 0 spiro atoms. The standard InChI is InChI=1S/C11H12Cl2N4O/c12-9-8-10(16-11(13)15-9)17(5-14-8)7-2-1-6(3-7)4-18/h5-7,18H,1-4H2/t6-,7+/m1/s1. The van der Waals surface area contributed by atoms with Crippen molar-refractivity contribution in [2.24, 2.45) is 5.92 Å². The van der Waals surface area contributed by atoms with E-state index in [0.29, 0.717) is 23.1 Å². The van der Waals surface area contributed by atoms with E-state index >= 15 is 0 Å². The molecule has 1 saturated carbocycles. The van der Waals surface area contributed by atoms with Gasteiger partial charge in [0, 0.05) is 12.6 Å². The molecule has 0 aliphatic heterocycles.